The number of benzene rings is 2. The van der Waals surface area contributed by atoms with Gasteiger partial charge in [0.1, 0.15) is 0 Å². The van der Waals surface area contributed by atoms with E-state index in [1.807, 2.05) is 31.2 Å². The number of hydrogen-bond acceptors (Lipinski definition) is 5. The molecule has 0 saturated carbocycles. The SMILES string of the molecule is CCOC(=O)c1cnc(-c2ccc([N+](=O)[O-])cc2)c(-c2ccc(C)cc2)c1. The van der Waals surface area contributed by atoms with Gasteiger partial charge >= 0.3 is 5.97 Å². The van der Waals surface area contributed by atoms with Gasteiger partial charge in [-0.1, -0.05) is 29.8 Å². The van der Waals surface area contributed by atoms with Crippen LogP contribution in [0.15, 0.2) is 60.8 Å². The van der Waals surface area contributed by atoms with Crippen molar-refractivity contribution in [1.82, 2.24) is 4.98 Å². The molecule has 0 fully saturated rings. The third kappa shape index (κ3) is 4.00. The molecule has 6 heteroatoms. The maximum atomic E-state index is 12.1. The van der Waals surface area contributed by atoms with Crippen LogP contribution in [0.3, 0.4) is 0 Å². The van der Waals surface area contributed by atoms with Gasteiger partial charge in [0.2, 0.25) is 0 Å². The van der Waals surface area contributed by atoms with Crippen LogP contribution in [0.2, 0.25) is 0 Å². The Hall–Kier alpha value is -3.54. The highest BCUT2D eigenvalue weighted by molar-refractivity contribution is 5.93. The number of carbonyl (C=O) groups excluding carboxylic acids is 1. The lowest BCUT2D eigenvalue weighted by atomic mass is 9.97. The fourth-order valence-electron chi connectivity index (χ4n) is 2.72. The van der Waals surface area contributed by atoms with Gasteiger partial charge in [-0.15, -0.1) is 0 Å². The fourth-order valence-corrected chi connectivity index (χ4v) is 2.72. The Morgan fingerprint density at radius 1 is 1.07 bits per heavy atom. The van der Waals surface area contributed by atoms with Gasteiger partial charge in [0.15, 0.2) is 0 Å². The molecule has 1 heterocycles. The number of aromatic nitrogens is 1. The van der Waals surface area contributed by atoms with Crippen molar-refractivity contribution in [3.05, 3.63) is 82.0 Å². The van der Waals surface area contributed by atoms with Crippen LogP contribution < -0.4 is 0 Å². The van der Waals surface area contributed by atoms with E-state index in [1.54, 1.807) is 25.1 Å². The van der Waals surface area contributed by atoms with Gasteiger partial charge in [-0.25, -0.2) is 4.79 Å². The summed E-state index contributed by atoms with van der Waals surface area (Å²) < 4.78 is 5.07. The number of rotatable bonds is 5. The summed E-state index contributed by atoms with van der Waals surface area (Å²) in [5.74, 6) is -0.436. The Labute approximate surface area is 156 Å². The largest absolute Gasteiger partial charge is 0.462 e. The first kappa shape index (κ1) is 18.3. The van der Waals surface area contributed by atoms with E-state index in [1.165, 1.54) is 18.3 Å². The predicted molar refractivity (Wildman–Crippen MR) is 102 cm³/mol. The maximum Gasteiger partial charge on any atom is 0.339 e. The Morgan fingerprint density at radius 2 is 1.70 bits per heavy atom. The Kier molecular flexibility index (Phi) is 5.26. The van der Waals surface area contributed by atoms with E-state index in [0.29, 0.717) is 11.3 Å². The summed E-state index contributed by atoms with van der Waals surface area (Å²) in [7, 11) is 0. The molecule has 0 aliphatic carbocycles. The molecule has 0 spiro atoms. The van der Waals surface area contributed by atoms with Crippen molar-refractivity contribution < 1.29 is 14.5 Å². The zero-order chi connectivity index (χ0) is 19.4. The number of non-ortho nitro benzene ring substituents is 1. The molecule has 136 valence electrons. The molecule has 27 heavy (non-hydrogen) atoms. The van der Waals surface area contributed by atoms with Crippen molar-refractivity contribution in [2.24, 2.45) is 0 Å². The number of pyridine rings is 1. The van der Waals surface area contributed by atoms with Crippen molar-refractivity contribution in [1.29, 1.82) is 0 Å². The van der Waals surface area contributed by atoms with Crippen molar-refractivity contribution in [3.63, 3.8) is 0 Å². The Morgan fingerprint density at radius 3 is 2.30 bits per heavy atom. The topological polar surface area (TPSA) is 82.3 Å². The van der Waals surface area contributed by atoms with Gasteiger partial charge in [0.05, 0.1) is 22.8 Å². The fraction of sp³-hybridized carbons (Fsp3) is 0.143. The van der Waals surface area contributed by atoms with Crippen LogP contribution in [0, 0.1) is 17.0 Å². The van der Waals surface area contributed by atoms with Crippen molar-refractivity contribution in [3.8, 4) is 22.4 Å². The van der Waals surface area contributed by atoms with E-state index >= 15 is 0 Å². The van der Waals surface area contributed by atoms with Crippen molar-refractivity contribution >= 4 is 11.7 Å². The van der Waals surface area contributed by atoms with Crippen molar-refractivity contribution in [2.45, 2.75) is 13.8 Å². The van der Waals surface area contributed by atoms with Crippen LogP contribution in [0.1, 0.15) is 22.8 Å². The molecule has 0 aliphatic rings. The maximum absolute atomic E-state index is 12.1. The molecule has 3 rings (SSSR count). The molecule has 6 nitrogen and oxygen atoms in total. The van der Waals surface area contributed by atoms with E-state index in [2.05, 4.69) is 4.98 Å². The number of carbonyl (C=O) groups is 1. The smallest absolute Gasteiger partial charge is 0.339 e. The molecule has 0 amide bonds. The third-order valence-corrected chi connectivity index (χ3v) is 4.11. The normalized spacial score (nSPS) is 10.4. The average molecular weight is 362 g/mol. The van der Waals surface area contributed by atoms with Crippen LogP contribution >= 0.6 is 0 Å². The second-order valence-corrected chi connectivity index (χ2v) is 6.01. The van der Waals surface area contributed by atoms with Crippen LogP contribution in [0.5, 0.6) is 0 Å². The molecule has 0 unspecified atom stereocenters. The lowest BCUT2D eigenvalue weighted by Gasteiger charge is -2.12. The minimum Gasteiger partial charge on any atom is -0.462 e. The van der Waals surface area contributed by atoms with Crippen LogP contribution in [0.4, 0.5) is 5.69 Å². The number of nitro groups is 1. The molecular formula is C21H18N2O4. The summed E-state index contributed by atoms with van der Waals surface area (Å²) in [6.45, 7) is 4.02. The summed E-state index contributed by atoms with van der Waals surface area (Å²) in [6, 6.07) is 15.8. The lowest BCUT2D eigenvalue weighted by molar-refractivity contribution is -0.384. The third-order valence-electron chi connectivity index (χ3n) is 4.11. The summed E-state index contributed by atoms with van der Waals surface area (Å²) in [5.41, 5.74) is 4.51. The number of ether oxygens (including phenoxy) is 1. The standard InChI is InChI=1S/C21H18N2O4/c1-3-27-21(24)17-12-19(15-6-4-14(2)5-7-15)20(22-13-17)16-8-10-18(11-9-16)23(25)26/h4-13H,3H2,1-2H3. The quantitative estimate of drug-likeness (QED) is 0.369. The molecule has 0 aliphatic heterocycles. The Balaban J connectivity index is 2.13. The number of hydrogen-bond donors (Lipinski definition) is 0. The monoisotopic (exact) mass is 362 g/mol. The van der Waals surface area contributed by atoms with Gasteiger partial charge in [0.25, 0.3) is 5.69 Å². The molecule has 1 aromatic heterocycles. The van der Waals surface area contributed by atoms with E-state index in [-0.39, 0.29) is 12.3 Å². The second kappa shape index (κ2) is 7.78. The highest BCUT2D eigenvalue weighted by Gasteiger charge is 2.15. The Bertz CT molecular complexity index is 980. The highest BCUT2D eigenvalue weighted by Crippen LogP contribution is 2.32. The summed E-state index contributed by atoms with van der Waals surface area (Å²) in [5, 5.41) is 10.9. The lowest BCUT2D eigenvalue weighted by Crippen LogP contribution is -2.06. The van der Waals surface area contributed by atoms with E-state index in [4.69, 9.17) is 4.74 Å². The first-order valence-corrected chi connectivity index (χ1v) is 8.48. The molecule has 0 saturated heterocycles. The zero-order valence-electron chi connectivity index (χ0n) is 15.0. The number of aryl methyl sites for hydroxylation is 1. The van der Waals surface area contributed by atoms with E-state index < -0.39 is 10.9 Å². The molecule has 0 atom stereocenters. The summed E-state index contributed by atoms with van der Waals surface area (Å²) >= 11 is 0. The van der Waals surface area contributed by atoms with Gasteiger partial charge in [0, 0.05) is 29.5 Å². The van der Waals surface area contributed by atoms with E-state index in [9.17, 15) is 14.9 Å². The molecule has 3 aromatic rings. The first-order chi connectivity index (χ1) is 13.0. The predicted octanol–water partition coefficient (Wildman–Crippen LogP) is 4.81. The minimum absolute atomic E-state index is 0.0128. The minimum atomic E-state index is -0.443. The molecule has 0 N–H and O–H groups in total. The van der Waals surface area contributed by atoms with E-state index in [0.717, 1.165) is 22.3 Å². The molecular weight excluding hydrogens is 344 g/mol. The average Bonchev–Trinajstić information content (AvgIpc) is 2.68. The summed E-state index contributed by atoms with van der Waals surface area (Å²) in [4.78, 5) is 27.0. The van der Waals surface area contributed by atoms with Gasteiger partial charge < -0.3 is 4.74 Å². The molecule has 0 bridgehead atoms. The van der Waals surface area contributed by atoms with Crippen LogP contribution in [-0.2, 0) is 4.74 Å². The zero-order valence-corrected chi connectivity index (χ0v) is 15.0. The number of nitro benzene ring substituents is 1. The second-order valence-electron chi connectivity index (χ2n) is 6.01. The van der Waals surface area contributed by atoms with Gasteiger partial charge in [-0.2, -0.15) is 0 Å². The van der Waals surface area contributed by atoms with Crippen LogP contribution in [0.25, 0.3) is 22.4 Å². The number of nitrogens with zero attached hydrogens (tertiary/aromatic N) is 2. The van der Waals surface area contributed by atoms with Crippen molar-refractivity contribution in [2.75, 3.05) is 6.61 Å². The number of esters is 1. The van der Waals surface area contributed by atoms with Crippen LogP contribution in [-0.4, -0.2) is 22.5 Å². The van der Waals surface area contributed by atoms with Gasteiger partial charge in [-0.3, -0.25) is 15.1 Å². The molecule has 2 aromatic carbocycles. The highest BCUT2D eigenvalue weighted by atomic mass is 16.6. The van der Waals surface area contributed by atoms with Gasteiger partial charge in [-0.05, 0) is 37.6 Å². The first-order valence-electron chi connectivity index (χ1n) is 8.48. The molecule has 0 radical (unpaired) electrons. The summed E-state index contributed by atoms with van der Waals surface area (Å²) in [6.07, 6.45) is 1.46.